The summed E-state index contributed by atoms with van der Waals surface area (Å²) in [5.41, 5.74) is 10.9. The third kappa shape index (κ3) is 8.51. The van der Waals surface area contributed by atoms with Crippen LogP contribution in [-0.4, -0.2) is 27.6 Å². The van der Waals surface area contributed by atoms with Crippen LogP contribution in [-0.2, 0) is 36.6 Å². The summed E-state index contributed by atoms with van der Waals surface area (Å²) in [6, 6.07) is 31.3. The Morgan fingerprint density at radius 2 is 1.46 bits per heavy atom. The summed E-state index contributed by atoms with van der Waals surface area (Å²) in [6.45, 7) is 27.4. The van der Waals surface area contributed by atoms with E-state index in [4.69, 9.17) is 19.5 Å². The summed E-state index contributed by atoms with van der Waals surface area (Å²) in [5, 5.41) is 2.27. The van der Waals surface area contributed by atoms with Gasteiger partial charge in [0.1, 0.15) is 18.3 Å². The van der Waals surface area contributed by atoms with Crippen molar-refractivity contribution in [3.8, 4) is 28.4 Å². The van der Waals surface area contributed by atoms with E-state index in [9.17, 15) is 0 Å². The molecule has 0 aliphatic carbocycles. The molecule has 0 amide bonds. The average molecular weight is 941 g/mol. The maximum absolute atomic E-state index is 6.82. The minimum absolute atomic E-state index is 0. The monoisotopic (exact) mass is 940 g/mol. The van der Waals surface area contributed by atoms with E-state index < -0.39 is 0 Å². The summed E-state index contributed by atoms with van der Waals surface area (Å²) < 4.78 is 15.5. The number of hydrogen-bond acceptors (Lipinski definition) is 4. The standard InChI is InChI=1S/C51H59N3O2.Pt/c1-13-15-37(16-14-2)51(12)31-55-48(53-51)36-25-35(47-33(4)23-32(3)24-34(47)5)26-41(27-36)56-40-18-19-42-43-28-38(49(6,7)8)17-20-44(43)54(45(42)30-40)46-29-39(21-22-52-46)50(9,10)11;/h17-26,28-29,37H,13-16,31H2,1-12H3;/q-2;+2/t51-;/m0./s1. The molecule has 6 aromatic rings. The molecule has 5 nitrogen and oxygen atoms in total. The number of hydrogen-bond donors (Lipinski definition) is 0. The molecule has 0 saturated heterocycles. The van der Waals surface area contributed by atoms with Gasteiger partial charge in [-0.05, 0) is 109 Å². The summed E-state index contributed by atoms with van der Waals surface area (Å²) in [5.74, 6) is 3.15. The van der Waals surface area contributed by atoms with E-state index in [-0.39, 0.29) is 37.4 Å². The summed E-state index contributed by atoms with van der Waals surface area (Å²) >= 11 is 0. The molecule has 0 radical (unpaired) electrons. The molecular weight excluding hydrogens is 882 g/mol. The van der Waals surface area contributed by atoms with Gasteiger partial charge in [0.15, 0.2) is 0 Å². The van der Waals surface area contributed by atoms with Crippen LogP contribution in [0.5, 0.6) is 11.5 Å². The van der Waals surface area contributed by atoms with Crippen molar-refractivity contribution in [3.05, 3.63) is 118 Å². The van der Waals surface area contributed by atoms with E-state index >= 15 is 0 Å². The molecule has 0 N–H and O–H groups in total. The van der Waals surface area contributed by atoms with Gasteiger partial charge in [0.2, 0.25) is 0 Å². The molecule has 3 heterocycles. The maximum Gasteiger partial charge on any atom is 2.00 e. The first kappa shape index (κ1) is 42.4. The van der Waals surface area contributed by atoms with Gasteiger partial charge in [0.05, 0.1) is 5.54 Å². The number of ether oxygens (including phenoxy) is 2. The van der Waals surface area contributed by atoms with Gasteiger partial charge < -0.3 is 14.0 Å². The van der Waals surface area contributed by atoms with Gasteiger partial charge in [-0.15, -0.1) is 23.6 Å². The Hall–Kier alpha value is -4.21. The predicted molar refractivity (Wildman–Crippen MR) is 234 cm³/mol. The number of fused-ring (bicyclic) bond motifs is 3. The molecule has 1 aliphatic rings. The molecule has 0 bridgehead atoms. The summed E-state index contributed by atoms with van der Waals surface area (Å²) in [6.07, 6.45) is 6.44. The molecular formula is C51H59N3O2Pt. The zero-order valence-electron chi connectivity index (χ0n) is 36.0. The normalized spacial score (nSPS) is 15.9. The summed E-state index contributed by atoms with van der Waals surface area (Å²) in [4.78, 5) is 10.2. The van der Waals surface area contributed by atoms with Crippen molar-refractivity contribution in [2.24, 2.45) is 10.9 Å². The van der Waals surface area contributed by atoms with Gasteiger partial charge in [-0.25, -0.2) is 4.98 Å². The second kappa shape index (κ2) is 16.2. The number of nitrogens with zero attached hydrogens (tertiary/aromatic N) is 3. The van der Waals surface area contributed by atoms with Crippen molar-refractivity contribution >= 4 is 27.7 Å². The zero-order valence-corrected chi connectivity index (χ0v) is 38.3. The Kier molecular flexibility index (Phi) is 12.1. The number of aryl methyl sites for hydroxylation is 3. The van der Waals surface area contributed by atoms with Crippen LogP contribution in [0, 0.1) is 38.8 Å². The Labute approximate surface area is 355 Å². The minimum Gasteiger partial charge on any atom is -0.518 e. The van der Waals surface area contributed by atoms with E-state index in [2.05, 4.69) is 160 Å². The molecule has 0 fully saturated rings. The van der Waals surface area contributed by atoms with Crippen LogP contribution >= 0.6 is 0 Å². The number of aromatic nitrogens is 2. The van der Waals surface area contributed by atoms with Gasteiger partial charge in [0, 0.05) is 23.2 Å². The molecule has 0 spiro atoms. The van der Waals surface area contributed by atoms with Crippen molar-refractivity contribution in [3.63, 3.8) is 0 Å². The SMILES string of the molecule is CCCC(CCC)[C@]1(C)COC(c2[c-]c(Oc3[c-]c4c(cc3)c3cc(C(C)(C)C)ccc3n4-c3cc(C(C)(C)C)ccn3)cc(-c3c(C)cc(C)cc3C)c2)=N1.[Pt+2]. The number of rotatable bonds is 10. The Morgan fingerprint density at radius 3 is 2.11 bits per heavy atom. The van der Waals surface area contributed by atoms with E-state index in [1.54, 1.807) is 0 Å². The van der Waals surface area contributed by atoms with Crippen LogP contribution in [0.2, 0.25) is 0 Å². The molecule has 7 rings (SSSR count). The van der Waals surface area contributed by atoms with Crippen LogP contribution in [0.15, 0.2) is 77.9 Å². The third-order valence-electron chi connectivity index (χ3n) is 11.6. The average Bonchev–Trinajstić information content (AvgIpc) is 3.68. The molecule has 1 aliphatic heterocycles. The smallest absolute Gasteiger partial charge is 0.518 e. The zero-order chi connectivity index (χ0) is 40.2. The Balaban J connectivity index is 0.00000549. The number of pyridine rings is 1. The fourth-order valence-electron chi connectivity index (χ4n) is 8.63. The van der Waals surface area contributed by atoms with E-state index in [0.717, 1.165) is 59.0 Å². The van der Waals surface area contributed by atoms with Gasteiger partial charge in [-0.3, -0.25) is 4.99 Å². The third-order valence-corrected chi connectivity index (χ3v) is 11.6. The topological polar surface area (TPSA) is 48.6 Å². The molecule has 57 heavy (non-hydrogen) atoms. The predicted octanol–water partition coefficient (Wildman–Crippen LogP) is 13.5. The van der Waals surface area contributed by atoms with Crippen molar-refractivity contribution < 1.29 is 30.5 Å². The first-order valence-corrected chi connectivity index (χ1v) is 20.5. The fourth-order valence-corrected chi connectivity index (χ4v) is 8.63. The Bertz CT molecular complexity index is 2430. The van der Waals surface area contributed by atoms with Crippen molar-refractivity contribution in [1.82, 2.24) is 9.55 Å². The van der Waals surface area contributed by atoms with Crippen molar-refractivity contribution in [2.75, 3.05) is 6.61 Å². The van der Waals surface area contributed by atoms with Gasteiger partial charge in [-0.1, -0.05) is 127 Å². The minimum atomic E-state index is -0.278. The number of benzene rings is 4. The molecule has 0 unspecified atom stereocenters. The van der Waals surface area contributed by atoms with E-state index in [1.807, 2.05) is 12.3 Å². The maximum atomic E-state index is 6.82. The quantitative estimate of drug-likeness (QED) is 0.129. The van der Waals surface area contributed by atoms with Crippen LogP contribution < -0.4 is 4.74 Å². The first-order valence-electron chi connectivity index (χ1n) is 20.5. The van der Waals surface area contributed by atoms with Crippen LogP contribution in [0.25, 0.3) is 38.8 Å². The first-order chi connectivity index (χ1) is 26.5. The molecule has 4 aromatic carbocycles. The molecule has 6 heteroatoms. The Morgan fingerprint density at radius 1 is 0.789 bits per heavy atom. The van der Waals surface area contributed by atoms with Crippen LogP contribution in [0.3, 0.4) is 0 Å². The largest absolute Gasteiger partial charge is 2.00 e. The van der Waals surface area contributed by atoms with Crippen LogP contribution in [0.1, 0.15) is 121 Å². The molecule has 0 saturated carbocycles. The van der Waals surface area contributed by atoms with Crippen molar-refractivity contribution in [2.45, 2.75) is 125 Å². The van der Waals surface area contributed by atoms with Crippen LogP contribution in [0.4, 0.5) is 0 Å². The fraction of sp³-hybridized carbons (Fsp3) is 0.412. The van der Waals surface area contributed by atoms with Gasteiger partial charge in [0.25, 0.3) is 0 Å². The van der Waals surface area contributed by atoms with Gasteiger partial charge >= 0.3 is 21.1 Å². The second-order valence-corrected chi connectivity index (χ2v) is 18.4. The molecule has 300 valence electrons. The number of aliphatic imine (C=N–C) groups is 1. The molecule has 1 atom stereocenters. The second-order valence-electron chi connectivity index (χ2n) is 18.4. The van der Waals surface area contributed by atoms with E-state index in [1.165, 1.54) is 38.8 Å². The molecule has 2 aromatic heterocycles. The van der Waals surface area contributed by atoms with Gasteiger partial charge in [-0.2, -0.15) is 6.07 Å². The van der Waals surface area contributed by atoms with Crippen molar-refractivity contribution in [1.29, 1.82) is 0 Å². The summed E-state index contributed by atoms with van der Waals surface area (Å²) in [7, 11) is 0. The van der Waals surface area contributed by atoms with E-state index in [0.29, 0.717) is 29.9 Å².